The van der Waals surface area contributed by atoms with E-state index in [4.69, 9.17) is 0 Å². The molecule has 8 nitrogen and oxygen atoms in total. The number of benzene rings is 1. The van der Waals surface area contributed by atoms with Crippen LogP contribution in [-0.2, 0) is 0 Å². The maximum atomic E-state index is 12.5. The molecule has 1 fully saturated rings. The van der Waals surface area contributed by atoms with Crippen molar-refractivity contribution in [3.8, 4) is 5.69 Å². The number of carbonyl (C=O) groups excluding carboxylic acids is 1. The highest BCUT2D eigenvalue weighted by Crippen LogP contribution is 2.15. The number of piperazine rings is 1. The molecule has 0 aliphatic carbocycles. The quantitative estimate of drug-likeness (QED) is 0.685. The van der Waals surface area contributed by atoms with E-state index < -0.39 is 0 Å². The topological polar surface area (TPSA) is 84.2 Å². The number of hydrogen-bond acceptors (Lipinski definition) is 6. The fourth-order valence-electron chi connectivity index (χ4n) is 3.15. The molecule has 1 saturated heterocycles. The molecule has 4 rings (SSSR count). The first-order valence-electron chi connectivity index (χ1n) is 9.09. The largest absolute Gasteiger partial charge is 0.352 e. The Morgan fingerprint density at radius 2 is 1.71 bits per heavy atom. The molecule has 0 atom stereocenters. The molecule has 2 aromatic heterocycles. The molecule has 1 aromatic carbocycles. The molecule has 3 heterocycles. The molecular weight excluding hydrogens is 356 g/mol. The van der Waals surface area contributed by atoms with Crippen molar-refractivity contribution in [2.45, 2.75) is 6.92 Å². The smallest absolute Gasteiger partial charge is 0.274 e. The number of rotatable bonds is 3. The van der Waals surface area contributed by atoms with E-state index in [0.717, 1.165) is 11.3 Å². The van der Waals surface area contributed by atoms with Crippen molar-refractivity contribution < 1.29 is 4.79 Å². The minimum absolute atomic E-state index is 0.120. The highest BCUT2D eigenvalue weighted by Gasteiger charge is 2.24. The summed E-state index contributed by atoms with van der Waals surface area (Å²) in [5.74, 6) is 0.595. The van der Waals surface area contributed by atoms with Gasteiger partial charge in [-0.05, 0) is 25.1 Å². The van der Waals surface area contributed by atoms with Gasteiger partial charge in [-0.3, -0.25) is 14.6 Å². The first-order chi connectivity index (χ1) is 13.6. The van der Waals surface area contributed by atoms with Gasteiger partial charge in [0, 0.05) is 44.6 Å². The third-order valence-corrected chi connectivity index (χ3v) is 4.74. The SMILES string of the molecule is Cc1ccc(-n2nc(N3CCN(C(=O)c4cnccn4)CC3)ccc2=O)cc1. The minimum atomic E-state index is -0.177. The van der Waals surface area contributed by atoms with Crippen molar-refractivity contribution in [2.75, 3.05) is 31.1 Å². The lowest BCUT2D eigenvalue weighted by Gasteiger charge is -2.35. The van der Waals surface area contributed by atoms with E-state index in [1.807, 2.05) is 31.2 Å². The van der Waals surface area contributed by atoms with Crippen LogP contribution in [0.1, 0.15) is 16.1 Å². The Balaban J connectivity index is 1.49. The number of carbonyl (C=O) groups is 1. The van der Waals surface area contributed by atoms with Gasteiger partial charge in [-0.15, -0.1) is 5.10 Å². The Morgan fingerprint density at radius 3 is 2.39 bits per heavy atom. The van der Waals surface area contributed by atoms with Crippen LogP contribution in [-0.4, -0.2) is 56.7 Å². The number of amides is 1. The zero-order chi connectivity index (χ0) is 19.5. The van der Waals surface area contributed by atoms with Crippen molar-refractivity contribution in [3.63, 3.8) is 0 Å². The molecule has 1 aliphatic rings. The van der Waals surface area contributed by atoms with Gasteiger partial charge < -0.3 is 9.80 Å². The number of anilines is 1. The molecule has 8 heteroatoms. The number of aromatic nitrogens is 4. The standard InChI is InChI=1S/C20H20N6O2/c1-15-2-4-16(5-3-15)26-19(27)7-6-18(23-26)24-10-12-25(13-11-24)20(28)17-14-21-8-9-22-17/h2-9,14H,10-13H2,1H3. The Labute approximate surface area is 162 Å². The molecule has 0 N–H and O–H groups in total. The van der Waals surface area contributed by atoms with Gasteiger partial charge in [-0.25, -0.2) is 4.98 Å². The summed E-state index contributed by atoms with van der Waals surface area (Å²) in [4.78, 5) is 36.6. The summed E-state index contributed by atoms with van der Waals surface area (Å²) >= 11 is 0. The highest BCUT2D eigenvalue weighted by atomic mass is 16.2. The monoisotopic (exact) mass is 376 g/mol. The molecule has 0 unspecified atom stereocenters. The predicted octanol–water partition coefficient (Wildman–Crippen LogP) is 1.29. The zero-order valence-corrected chi connectivity index (χ0v) is 15.5. The Morgan fingerprint density at radius 1 is 0.964 bits per heavy atom. The van der Waals surface area contributed by atoms with Crippen LogP contribution < -0.4 is 10.5 Å². The van der Waals surface area contributed by atoms with E-state index in [1.165, 1.54) is 23.1 Å². The Hall–Kier alpha value is -3.55. The summed E-state index contributed by atoms with van der Waals surface area (Å²) < 4.78 is 1.41. The fraction of sp³-hybridized carbons (Fsp3) is 0.250. The van der Waals surface area contributed by atoms with E-state index in [0.29, 0.717) is 37.7 Å². The lowest BCUT2D eigenvalue weighted by atomic mass is 10.2. The molecule has 1 amide bonds. The highest BCUT2D eigenvalue weighted by molar-refractivity contribution is 5.92. The van der Waals surface area contributed by atoms with Gasteiger partial charge in [0.05, 0.1) is 11.9 Å². The second-order valence-corrected chi connectivity index (χ2v) is 6.65. The van der Waals surface area contributed by atoms with Crippen LogP contribution in [0.2, 0.25) is 0 Å². The minimum Gasteiger partial charge on any atom is -0.352 e. The van der Waals surface area contributed by atoms with Crippen molar-refractivity contribution in [2.24, 2.45) is 0 Å². The second-order valence-electron chi connectivity index (χ2n) is 6.65. The second kappa shape index (κ2) is 7.59. The zero-order valence-electron chi connectivity index (χ0n) is 15.5. The van der Waals surface area contributed by atoms with Crippen molar-refractivity contribution in [1.82, 2.24) is 24.6 Å². The van der Waals surface area contributed by atoms with Crippen LogP contribution in [0, 0.1) is 6.92 Å². The first-order valence-corrected chi connectivity index (χ1v) is 9.09. The third-order valence-electron chi connectivity index (χ3n) is 4.74. The Kier molecular flexibility index (Phi) is 4.84. The molecule has 28 heavy (non-hydrogen) atoms. The maximum Gasteiger partial charge on any atom is 0.274 e. The summed E-state index contributed by atoms with van der Waals surface area (Å²) in [5.41, 5.74) is 2.02. The van der Waals surface area contributed by atoms with Crippen LogP contribution in [0.25, 0.3) is 5.69 Å². The van der Waals surface area contributed by atoms with Crippen molar-refractivity contribution in [3.05, 3.63) is 76.6 Å². The molecule has 142 valence electrons. The molecule has 3 aromatic rings. The summed E-state index contributed by atoms with van der Waals surface area (Å²) in [6, 6.07) is 10.9. The van der Waals surface area contributed by atoms with Crippen LogP contribution in [0.5, 0.6) is 0 Å². The number of hydrogen-bond donors (Lipinski definition) is 0. The van der Waals surface area contributed by atoms with Crippen LogP contribution in [0.3, 0.4) is 0 Å². The van der Waals surface area contributed by atoms with Crippen molar-refractivity contribution in [1.29, 1.82) is 0 Å². The first kappa shape index (κ1) is 17.8. The maximum absolute atomic E-state index is 12.5. The van der Waals surface area contributed by atoms with E-state index in [1.54, 1.807) is 17.2 Å². The Bertz CT molecular complexity index is 1020. The lowest BCUT2D eigenvalue weighted by Crippen LogP contribution is -2.49. The third kappa shape index (κ3) is 3.62. The van der Waals surface area contributed by atoms with Gasteiger partial charge >= 0.3 is 0 Å². The normalized spacial score (nSPS) is 14.2. The van der Waals surface area contributed by atoms with Crippen molar-refractivity contribution >= 4 is 11.7 Å². The van der Waals surface area contributed by atoms with Gasteiger partial charge in [-0.2, -0.15) is 4.68 Å². The van der Waals surface area contributed by atoms with E-state index in [2.05, 4.69) is 20.0 Å². The average molecular weight is 376 g/mol. The van der Waals surface area contributed by atoms with Gasteiger partial charge in [0.15, 0.2) is 0 Å². The van der Waals surface area contributed by atoms with E-state index in [-0.39, 0.29) is 11.5 Å². The van der Waals surface area contributed by atoms with Gasteiger partial charge in [0.1, 0.15) is 11.5 Å². The van der Waals surface area contributed by atoms with Crippen LogP contribution in [0.4, 0.5) is 5.82 Å². The molecular formula is C20H20N6O2. The van der Waals surface area contributed by atoms with Gasteiger partial charge in [0.2, 0.25) is 0 Å². The summed E-state index contributed by atoms with van der Waals surface area (Å²) in [7, 11) is 0. The van der Waals surface area contributed by atoms with Gasteiger partial charge in [-0.1, -0.05) is 17.7 Å². The van der Waals surface area contributed by atoms with E-state index in [9.17, 15) is 9.59 Å². The summed E-state index contributed by atoms with van der Waals surface area (Å²) in [6.45, 7) is 4.37. The van der Waals surface area contributed by atoms with E-state index >= 15 is 0 Å². The number of aryl methyl sites for hydroxylation is 1. The fourth-order valence-corrected chi connectivity index (χ4v) is 3.15. The predicted molar refractivity (Wildman–Crippen MR) is 105 cm³/mol. The van der Waals surface area contributed by atoms with Gasteiger partial charge in [0.25, 0.3) is 11.5 Å². The molecule has 0 saturated carbocycles. The van der Waals surface area contributed by atoms with Crippen LogP contribution >= 0.6 is 0 Å². The lowest BCUT2D eigenvalue weighted by molar-refractivity contribution is 0.0740. The van der Waals surface area contributed by atoms with Crippen LogP contribution in [0.15, 0.2) is 59.8 Å². The molecule has 0 radical (unpaired) electrons. The summed E-state index contributed by atoms with van der Waals surface area (Å²) in [5, 5.41) is 4.53. The molecule has 1 aliphatic heterocycles. The molecule has 0 bridgehead atoms. The average Bonchev–Trinajstić information content (AvgIpc) is 2.75. The summed E-state index contributed by atoms with van der Waals surface area (Å²) in [6.07, 6.45) is 4.54. The number of nitrogens with zero attached hydrogens (tertiary/aromatic N) is 6. The molecule has 0 spiro atoms.